The molecule has 0 radical (unpaired) electrons. The lowest BCUT2D eigenvalue weighted by Crippen LogP contribution is -2.44. The Labute approximate surface area is 130 Å². The minimum Gasteiger partial charge on any atom is -0.354 e. The highest BCUT2D eigenvalue weighted by atomic mass is 32.1. The van der Waals surface area contributed by atoms with Gasteiger partial charge in [0.25, 0.3) is 0 Å². The van der Waals surface area contributed by atoms with Gasteiger partial charge in [0.05, 0.1) is 0 Å². The van der Waals surface area contributed by atoms with Crippen LogP contribution >= 0.6 is 11.3 Å². The molecule has 0 saturated carbocycles. The molecule has 0 aromatic carbocycles. The maximum atomic E-state index is 12.0. The zero-order chi connectivity index (χ0) is 15.4. The third kappa shape index (κ3) is 4.41. The number of piperidine rings is 1. The Morgan fingerprint density at radius 2 is 2.29 bits per heavy atom. The molecule has 1 aliphatic heterocycles. The first-order valence-electron chi connectivity index (χ1n) is 7.63. The van der Waals surface area contributed by atoms with E-state index in [1.807, 2.05) is 6.92 Å². The highest BCUT2D eigenvalue weighted by Gasteiger charge is 2.22. The van der Waals surface area contributed by atoms with Gasteiger partial charge in [0.2, 0.25) is 5.91 Å². The van der Waals surface area contributed by atoms with Crippen molar-refractivity contribution in [1.82, 2.24) is 14.8 Å². The van der Waals surface area contributed by atoms with Gasteiger partial charge in [0.1, 0.15) is 6.54 Å². The number of thiazole rings is 1. The molecule has 0 bridgehead atoms. The molecular weight excluding hydrogens is 286 g/mol. The maximum absolute atomic E-state index is 12.0. The summed E-state index contributed by atoms with van der Waals surface area (Å²) >= 11 is 1.14. The van der Waals surface area contributed by atoms with E-state index in [1.54, 1.807) is 5.38 Å². The predicted molar refractivity (Wildman–Crippen MR) is 85.8 cm³/mol. The van der Waals surface area contributed by atoms with Crippen LogP contribution in [0.5, 0.6) is 0 Å². The molecule has 0 aliphatic carbocycles. The summed E-state index contributed by atoms with van der Waals surface area (Å²) < 4.78 is 1.53. The number of hydrogen-bond acceptors (Lipinski definition) is 4. The number of likely N-dealkylation sites (tertiary alicyclic amines) is 1. The van der Waals surface area contributed by atoms with Gasteiger partial charge in [-0.05, 0) is 46.1 Å². The lowest BCUT2D eigenvalue weighted by atomic mass is 9.97. The van der Waals surface area contributed by atoms with Gasteiger partial charge in [-0.25, -0.2) is 0 Å². The van der Waals surface area contributed by atoms with Crippen molar-refractivity contribution in [3.8, 4) is 0 Å². The van der Waals surface area contributed by atoms with Gasteiger partial charge < -0.3 is 10.2 Å². The zero-order valence-electron chi connectivity index (χ0n) is 13.1. The summed E-state index contributed by atoms with van der Waals surface area (Å²) in [4.78, 5) is 26.0. The molecule has 1 unspecified atom stereocenters. The van der Waals surface area contributed by atoms with Crippen molar-refractivity contribution in [2.24, 2.45) is 5.92 Å². The third-order valence-electron chi connectivity index (χ3n) is 4.15. The molecule has 2 heterocycles. The summed E-state index contributed by atoms with van der Waals surface area (Å²) in [6.45, 7) is 9.34. The number of aromatic nitrogens is 1. The topological polar surface area (TPSA) is 54.3 Å². The Morgan fingerprint density at radius 3 is 2.90 bits per heavy atom. The number of carbonyl (C=O) groups excluding carboxylic acids is 1. The lowest BCUT2D eigenvalue weighted by Gasteiger charge is -2.35. The highest BCUT2D eigenvalue weighted by Crippen LogP contribution is 2.17. The van der Waals surface area contributed by atoms with Crippen molar-refractivity contribution >= 4 is 17.2 Å². The first-order valence-corrected chi connectivity index (χ1v) is 8.51. The quantitative estimate of drug-likeness (QED) is 0.895. The van der Waals surface area contributed by atoms with Crippen LogP contribution in [0, 0.1) is 12.8 Å². The molecule has 1 aromatic rings. The van der Waals surface area contributed by atoms with Crippen LogP contribution in [0.2, 0.25) is 0 Å². The highest BCUT2D eigenvalue weighted by molar-refractivity contribution is 7.07. The van der Waals surface area contributed by atoms with E-state index in [0.717, 1.165) is 30.1 Å². The number of aryl methyl sites for hydroxylation is 1. The minimum atomic E-state index is -0.0692. The van der Waals surface area contributed by atoms with Crippen molar-refractivity contribution < 1.29 is 4.79 Å². The lowest BCUT2D eigenvalue weighted by molar-refractivity contribution is -0.122. The van der Waals surface area contributed by atoms with Crippen molar-refractivity contribution in [3.63, 3.8) is 0 Å². The second kappa shape index (κ2) is 7.22. The van der Waals surface area contributed by atoms with Crippen molar-refractivity contribution in [3.05, 3.63) is 20.7 Å². The van der Waals surface area contributed by atoms with Crippen molar-refractivity contribution in [1.29, 1.82) is 0 Å². The summed E-state index contributed by atoms with van der Waals surface area (Å²) in [5.41, 5.74) is 0.851. The second-order valence-corrected chi connectivity index (χ2v) is 6.95. The fraction of sp³-hybridized carbons (Fsp3) is 0.733. The van der Waals surface area contributed by atoms with Gasteiger partial charge >= 0.3 is 4.87 Å². The first-order chi connectivity index (χ1) is 9.97. The second-order valence-electron chi connectivity index (χ2n) is 6.13. The number of amides is 1. The van der Waals surface area contributed by atoms with Crippen LogP contribution in [-0.4, -0.2) is 41.1 Å². The van der Waals surface area contributed by atoms with Gasteiger partial charge in [-0.1, -0.05) is 11.3 Å². The largest absolute Gasteiger partial charge is 0.354 e. The molecular formula is C15H25N3O2S. The molecule has 1 saturated heterocycles. The van der Waals surface area contributed by atoms with Crippen LogP contribution in [0.4, 0.5) is 0 Å². The molecule has 5 nitrogen and oxygen atoms in total. The monoisotopic (exact) mass is 311 g/mol. The van der Waals surface area contributed by atoms with E-state index in [0.29, 0.717) is 18.5 Å². The number of hydrogen-bond donors (Lipinski definition) is 1. The van der Waals surface area contributed by atoms with Gasteiger partial charge in [-0.2, -0.15) is 0 Å². The van der Waals surface area contributed by atoms with E-state index in [1.165, 1.54) is 17.4 Å². The molecule has 1 N–H and O–H groups in total. The SMILES string of the molecule is Cc1csc(=O)n1CC(=O)NCC1CCCN(C(C)C)C1. The first kappa shape index (κ1) is 16.2. The molecule has 2 rings (SSSR count). The van der Waals surface area contributed by atoms with E-state index in [-0.39, 0.29) is 17.3 Å². The third-order valence-corrected chi connectivity index (χ3v) is 5.03. The van der Waals surface area contributed by atoms with Crippen LogP contribution in [-0.2, 0) is 11.3 Å². The van der Waals surface area contributed by atoms with Crippen LogP contribution in [0.25, 0.3) is 0 Å². The Morgan fingerprint density at radius 1 is 1.52 bits per heavy atom. The number of carbonyl (C=O) groups is 1. The van der Waals surface area contributed by atoms with E-state index in [9.17, 15) is 9.59 Å². The Kier molecular flexibility index (Phi) is 5.58. The normalized spacial score (nSPS) is 19.9. The summed E-state index contributed by atoms with van der Waals surface area (Å²) in [5.74, 6) is 0.450. The Bertz CT molecular complexity index is 535. The van der Waals surface area contributed by atoms with Gasteiger partial charge in [0.15, 0.2) is 0 Å². The van der Waals surface area contributed by atoms with Crippen molar-refractivity contribution in [2.75, 3.05) is 19.6 Å². The molecule has 0 spiro atoms. The molecule has 21 heavy (non-hydrogen) atoms. The number of nitrogens with zero attached hydrogens (tertiary/aromatic N) is 2. The summed E-state index contributed by atoms with van der Waals surface area (Å²) in [5, 5.41) is 4.77. The fourth-order valence-electron chi connectivity index (χ4n) is 2.79. The molecule has 118 valence electrons. The van der Waals surface area contributed by atoms with Crippen LogP contribution in [0.3, 0.4) is 0 Å². The fourth-order valence-corrected chi connectivity index (χ4v) is 3.52. The molecule has 1 aromatic heterocycles. The molecule has 1 amide bonds. The Hall–Kier alpha value is -1.14. The van der Waals surface area contributed by atoms with Crippen LogP contribution in [0.1, 0.15) is 32.4 Å². The van der Waals surface area contributed by atoms with E-state index >= 15 is 0 Å². The van der Waals surface area contributed by atoms with Gasteiger partial charge in [0, 0.05) is 30.2 Å². The van der Waals surface area contributed by atoms with E-state index in [2.05, 4.69) is 24.1 Å². The predicted octanol–water partition coefficient (Wildman–Crippen LogP) is 1.45. The van der Waals surface area contributed by atoms with Gasteiger partial charge in [-0.3, -0.25) is 14.2 Å². The van der Waals surface area contributed by atoms with Crippen molar-refractivity contribution in [2.45, 2.75) is 46.2 Å². The number of rotatable bonds is 5. The van der Waals surface area contributed by atoms with E-state index < -0.39 is 0 Å². The standard InChI is InChI=1S/C15H25N3O2S/c1-11(2)17-6-4-5-13(8-17)7-16-14(19)9-18-12(3)10-21-15(18)20/h10-11,13H,4-9H2,1-3H3,(H,16,19). The van der Waals surface area contributed by atoms with Crippen LogP contribution < -0.4 is 10.2 Å². The maximum Gasteiger partial charge on any atom is 0.307 e. The average Bonchev–Trinajstić information content (AvgIpc) is 2.77. The summed E-state index contributed by atoms with van der Waals surface area (Å²) in [6, 6.07) is 0.565. The smallest absolute Gasteiger partial charge is 0.307 e. The summed E-state index contributed by atoms with van der Waals surface area (Å²) in [6.07, 6.45) is 2.36. The molecule has 6 heteroatoms. The average molecular weight is 311 g/mol. The zero-order valence-corrected chi connectivity index (χ0v) is 13.9. The van der Waals surface area contributed by atoms with Crippen LogP contribution in [0.15, 0.2) is 10.2 Å². The number of nitrogens with one attached hydrogen (secondary N) is 1. The molecule has 1 fully saturated rings. The minimum absolute atomic E-state index is 0.0636. The molecule has 1 aliphatic rings. The van der Waals surface area contributed by atoms with E-state index in [4.69, 9.17) is 0 Å². The summed E-state index contributed by atoms with van der Waals surface area (Å²) in [7, 11) is 0. The van der Waals surface area contributed by atoms with Gasteiger partial charge in [-0.15, -0.1) is 0 Å². The molecule has 1 atom stereocenters. The Balaban J connectivity index is 1.80.